The molecule has 0 saturated heterocycles. The van der Waals surface area contributed by atoms with Crippen molar-refractivity contribution < 1.29 is 13.2 Å². The first-order chi connectivity index (χ1) is 18.6. The standard InChI is InChI=1S/C31H30N4O3S/c1-31(2,3)23-11-14-25(15-12-23)39(37,38)35-24-13-16-27-26(18-24)28(22-9-5-4-6-10-22)29(34-27)30(36)33-20-21-8-7-17-32-19-21/h4-19,34-35H,20H2,1-3H3,(H,33,36). The highest BCUT2D eigenvalue weighted by atomic mass is 32.2. The van der Waals surface area contributed by atoms with Gasteiger partial charge in [-0.15, -0.1) is 0 Å². The third-order valence-corrected chi connectivity index (χ3v) is 7.94. The number of carbonyl (C=O) groups is 1. The van der Waals surface area contributed by atoms with Gasteiger partial charge in [0.2, 0.25) is 0 Å². The van der Waals surface area contributed by atoms with Crippen LogP contribution in [0.5, 0.6) is 0 Å². The number of fused-ring (bicyclic) bond motifs is 1. The maximum absolute atomic E-state index is 13.3. The van der Waals surface area contributed by atoms with Crippen LogP contribution in [0.3, 0.4) is 0 Å². The van der Waals surface area contributed by atoms with Crippen LogP contribution in [-0.4, -0.2) is 24.3 Å². The minimum atomic E-state index is -3.82. The maximum atomic E-state index is 13.3. The average Bonchev–Trinajstić information content (AvgIpc) is 3.31. The summed E-state index contributed by atoms with van der Waals surface area (Å²) in [6, 6.07) is 25.4. The fourth-order valence-corrected chi connectivity index (χ4v) is 5.50. The van der Waals surface area contributed by atoms with E-state index in [0.29, 0.717) is 23.5 Å². The summed E-state index contributed by atoms with van der Waals surface area (Å²) >= 11 is 0. The number of pyridine rings is 1. The number of nitrogens with one attached hydrogen (secondary N) is 3. The Kier molecular flexibility index (Phi) is 6.97. The zero-order valence-electron chi connectivity index (χ0n) is 22.0. The van der Waals surface area contributed by atoms with E-state index in [1.807, 2.05) is 54.6 Å². The summed E-state index contributed by atoms with van der Waals surface area (Å²) in [7, 11) is -3.82. The Bertz CT molecular complexity index is 1720. The highest BCUT2D eigenvalue weighted by Crippen LogP contribution is 2.35. The summed E-state index contributed by atoms with van der Waals surface area (Å²) < 4.78 is 29.1. The second-order valence-corrected chi connectivity index (χ2v) is 12.1. The lowest BCUT2D eigenvalue weighted by atomic mass is 9.87. The summed E-state index contributed by atoms with van der Waals surface area (Å²) in [5.74, 6) is -0.269. The number of amides is 1. The lowest BCUT2D eigenvalue weighted by molar-refractivity contribution is 0.0947. The van der Waals surface area contributed by atoms with Gasteiger partial charge in [0.25, 0.3) is 15.9 Å². The predicted octanol–water partition coefficient (Wildman–Crippen LogP) is 6.26. The van der Waals surface area contributed by atoms with Crippen LogP contribution in [0.15, 0.2) is 102 Å². The van der Waals surface area contributed by atoms with Gasteiger partial charge in [-0.2, -0.15) is 0 Å². The van der Waals surface area contributed by atoms with Gasteiger partial charge >= 0.3 is 0 Å². The van der Waals surface area contributed by atoms with Crippen LogP contribution < -0.4 is 10.0 Å². The third-order valence-electron chi connectivity index (χ3n) is 6.55. The molecule has 0 aliphatic heterocycles. The number of aromatic nitrogens is 2. The molecule has 1 amide bonds. The van der Waals surface area contributed by atoms with E-state index in [1.54, 1.807) is 42.7 Å². The summed E-state index contributed by atoms with van der Waals surface area (Å²) in [5, 5.41) is 3.69. The van der Waals surface area contributed by atoms with Crippen molar-refractivity contribution in [2.45, 2.75) is 37.6 Å². The Balaban J connectivity index is 1.49. The molecule has 0 aliphatic carbocycles. The van der Waals surface area contributed by atoms with Crippen LogP contribution in [0, 0.1) is 0 Å². The van der Waals surface area contributed by atoms with E-state index in [4.69, 9.17) is 0 Å². The molecule has 3 N–H and O–H groups in total. The van der Waals surface area contributed by atoms with Crippen LogP contribution in [0.1, 0.15) is 42.4 Å². The summed E-state index contributed by atoms with van der Waals surface area (Å²) in [4.78, 5) is 20.8. The quantitative estimate of drug-likeness (QED) is 0.228. The minimum Gasteiger partial charge on any atom is -0.350 e. The molecule has 2 heterocycles. The third kappa shape index (κ3) is 5.71. The number of aromatic amines is 1. The summed E-state index contributed by atoms with van der Waals surface area (Å²) in [6.07, 6.45) is 3.39. The monoisotopic (exact) mass is 538 g/mol. The van der Waals surface area contributed by atoms with E-state index in [-0.39, 0.29) is 16.2 Å². The Labute approximate surface area is 228 Å². The number of hydrogen-bond acceptors (Lipinski definition) is 4. The lowest BCUT2D eigenvalue weighted by Crippen LogP contribution is -2.23. The van der Waals surface area contributed by atoms with Crippen molar-refractivity contribution in [2.75, 3.05) is 4.72 Å². The Morgan fingerprint density at radius 2 is 1.67 bits per heavy atom. The largest absolute Gasteiger partial charge is 0.350 e. The number of benzene rings is 3. The number of H-pyrrole nitrogens is 1. The molecule has 0 fully saturated rings. The molecular formula is C31H30N4O3S. The van der Waals surface area contributed by atoms with Gasteiger partial charge in [-0.3, -0.25) is 14.5 Å². The van der Waals surface area contributed by atoms with Crippen molar-refractivity contribution in [2.24, 2.45) is 0 Å². The molecule has 0 atom stereocenters. The van der Waals surface area contributed by atoms with Gasteiger partial charge in [0, 0.05) is 41.1 Å². The molecule has 3 aromatic carbocycles. The van der Waals surface area contributed by atoms with Crippen molar-refractivity contribution in [3.63, 3.8) is 0 Å². The predicted molar refractivity (Wildman–Crippen MR) is 155 cm³/mol. The van der Waals surface area contributed by atoms with Crippen molar-refractivity contribution in [1.82, 2.24) is 15.3 Å². The van der Waals surface area contributed by atoms with E-state index >= 15 is 0 Å². The average molecular weight is 539 g/mol. The van der Waals surface area contributed by atoms with E-state index in [0.717, 1.165) is 27.6 Å². The number of sulfonamides is 1. The van der Waals surface area contributed by atoms with Crippen LogP contribution in [-0.2, 0) is 22.0 Å². The Morgan fingerprint density at radius 1 is 0.923 bits per heavy atom. The Morgan fingerprint density at radius 3 is 2.33 bits per heavy atom. The molecule has 5 aromatic rings. The van der Waals surface area contributed by atoms with Gasteiger partial charge < -0.3 is 10.3 Å². The fourth-order valence-electron chi connectivity index (χ4n) is 4.45. The molecule has 2 aromatic heterocycles. The molecule has 0 radical (unpaired) electrons. The van der Waals surface area contributed by atoms with E-state index in [2.05, 4.69) is 40.8 Å². The number of hydrogen-bond donors (Lipinski definition) is 3. The SMILES string of the molecule is CC(C)(C)c1ccc(S(=O)(=O)Nc2ccc3[nH]c(C(=O)NCc4cccnc4)c(-c4ccccc4)c3c2)cc1. The van der Waals surface area contributed by atoms with Gasteiger partial charge in [-0.25, -0.2) is 8.42 Å². The van der Waals surface area contributed by atoms with Crippen LogP contribution >= 0.6 is 0 Å². The van der Waals surface area contributed by atoms with E-state index < -0.39 is 10.0 Å². The number of rotatable bonds is 7. The molecular weight excluding hydrogens is 508 g/mol. The van der Waals surface area contributed by atoms with E-state index in [1.165, 1.54) is 0 Å². The van der Waals surface area contributed by atoms with Crippen LogP contribution in [0.2, 0.25) is 0 Å². The zero-order chi connectivity index (χ0) is 27.6. The number of anilines is 1. The normalized spacial score (nSPS) is 11.9. The number of carbonyl (C=O) groups excluding carboxylic acids is 1. The summed E-state index contributed by atoms with van der Waals surface area (Å²) in [6.45, 7) is 6.57. The first-order valence-electron chi connectivity index (χ1n) is 12.6. The molecule has 39 heavy (non-hydrogen) atoms. The molecule has 0 saturated carbocycles. The van der Waals surface area contributed by atoms with Gasteiger partial charge in [0.05, 0.1) is 4.90 Å². The fraction of sp³-hybridized carbons (Fsp3) is 0.161. The topological polar surface area (TPSA) is 104 Å². The molecule has 198 valence electrons. The first-order valence-corrected chi connectivity index (χ1v) is 14.1. The second-order valence-electron chi connectivity index (χ2n) is 10.4. The first kappa shape index (κ1) is 26.2. The molecule has 0 spiro atoms. The maximum Gasteiger partial charge on any atom is 0.268 e. The van der Waals surface area contributed by atoms with Crippen LogP contribution in [0.25, 0.3) is 22.0 Å². The summed E-state index contributed by atoms with van der Waals surface area (Å²) in [5.41, 5.74) is 4.92. The molecule has 8 heteroatoms. The molecule has 5 rings (SSSR count). The van der Waals surface area contributed by atoms with Crippen molar-refractivity contribution >= 4 is 32.5 Å². The highest BCUT2D eigenvalue weighted by molar-refractivity contribution is 7.92. The molecule has 7 nitrogen and oxygen atoms in total. The number of nitrogens with zero attached hydrogens (tertiary/aromatic N) is 1. The van der Waals surface area contributed by atoms with Gasteiger partial charge in [-0.1, -0.05) is 69.3 Å². The van der Waals surface area contributed by atoms with Gasteiger partial charge in [0.1, 0.15) is 5.69 Å². The highest BCUT2D eigenvalue weighted by Gasteiger charge is 2.21. The smallest absolute Gasteiger partial charge is 0.268 e. The van der Waals surface area contributed by atoms with Gasteiger partial charge in [0.15, 0.2) is 0 Å². The van der Waals surface area contributed by atoms with Crippen LogP contribution in [0.4, 0.5) is 5.69 Å². The molecule has 0 unspecified atom stereocenters. The van der Waals surface area contributed by atoms with Crippen molar-refractivity contribution in [3.05, 3.63) is 114 Å². The van der Waals surface area contributed by atoms with E-state index in [9.17, 15) is 13.2 Å². The minimum absolute atomic E-state index is 0.0785. The lowest BCUT2D eigenvalue weighted by Gasteiger charge is -2.19. The Hall–Kier alpha value is -4.43. The van der Waals surface area contributed by atoms with Crippen molar-refractivity contribution in [1.29, 1.82) is 0 Å². The van der Waals surface area contributed by atoms with Gasteiger partial charge in [-0.05, 0) is 58.5 Å². The van der Waals surface area contributed by atoms with Crippen molar-refractivity contribution in [3.8, 4) is 11.1 Å². The second kappa shape index (κ2) is 10.4. The zero-order valence-corrected chi connectivity index (χ0v) is 22.8. The molecule has 0 bridgehead atoms. The molecule has 0 aliphatic rings.